The van der Waals surface area contributed by atoms with E-state index >= 15 is 0 Å². The third-order valence-corrected chi connectivity index (χ3v) is 2.73. The molecule has 5 heteroatoms. The molecule has 1 heterocycles. The van der Waals surface area contributed by atoms with E-state index in [-0.39, 0.29) is 11.9 Å². The second-order valence-corrected chi connectivity index (χ2v) is 4.43. The summed E-state index contributed by atoms with van der Waals surface area (Å²) in [4.78, 5) is 8.23. The summed E-state index contributed by atoms with van der Waals surface area (Å²) in [5.74, 6) is 1.02. The molecule has 0 bridgehead atoms. The Morgan fingerprint density at radius 3 is 2.50 bits per heavy atom. The minimum absolute atomic E-state index is 0.0102. The van der Waals surface area contributed by atoms with Crippen LogP contribution >= 0.6 is 11.6 Å². The van der Waals surface area contributed by atoms with Crippen LogP contribution in [0.25, 0.3) is 0 Å². The van der Waals surface area contributed by atoms with Crippen molar-refractivity contribution in [2.75, 3.05) is 5.32 Å². The van der Waals surface area contributed by atoms with Gasteiger partial charge in [-0.3, -0.25) is 0 Å². The molecule has 1 atom stereocenters. The van der Waals surface area contributed by atoms with Gasteiger partial charge in [0.2, 0.25) is 0 Å². The summed E-state index contributed by atoms with van der Waals surface area (Å²) in [5, 5.41) is 3.60. The highest BCUT2D eigenvalue weighted by atomic mass is 35.5. The molecule has 1 aromatic carbocycles. The Bertz CT molecular complexity index is 522. The smallest absolute Gasteiger partial charge is 0.134 e. The zero-order valence-electron chi connectivity index (χ0n) is 10.1. The number of aryl methyl sites for hydroxylation is 1. The first kappa shape index (κ1) is 12.8. The van der Waals surface area contributed by atoms with E-state index in [1.807, 2.05) is 6.92 Å². The molecule has 1 aromatic heterocycles. The van der Waals surface area contributed by atoms with Crippen LogP contribution in [0.3, 0.4) is 0 Å². The normalized spacial score (nSPS) is 12.2. The molecule has 0 saturated carbocycles. The van der Waals surface area contributed by atoms with Crippen molar-refractivity contribution in [3.8, 4) is 0 Å². The molecule has 2 aromatic rings. The molecule has 0 aliphatic rings. The largest absolute Gasteiger partial charge is 0.363 e. The second-order valence-electron chi connectivity index (χ2n) is 4.04. The Hall–Kier alpha value is -1.68. The van der Waals surface area contributed by atoms with Crippen LogP contribution in [0.5, 0.6) is 0 Å². The zero-order valence-corrected chi connectivity index (χ0v) is 10.9. The molecule has 94 valence electrons. The van der Waals surface area contributed by atoms with Crippen LogP contribution in [0.2, 0.25) is 5.15 Å². The third-order valence-electron chi connectivity index (χ3n) is 2.54. The highest BCUT2D eigenvalue weighted by Crippen LogP contribution is 2.19. The number of benzene rings is 1. The van der Waals surface area contributed by atoms with Crippen molar-refractivity contribution in [1.29, 1.82) is 0 Å². The second kappa shape index (κ2) is 5.31. The number of rotatable bonds is 3. The van der Waals surface area contributed by atoms with E-state index in [1.165, 1.54) is 12.1 Å². The third kappa shape index (κ3) is 3.17. The average molecular weight is 266 g/mol. The van der Waals surface area contributed by atoms with Crippen molar-refractivity contribution in [3.63, 3.8) is 0 Å². The van der Waals surface area contributed by atoms with Gasteiger partial charge in [0.05, 0.1) is 0 Å². The van der Waals surface area contributed by atoms with Gasteiger partial charge < -0.3 is 5.32 Å². The number of aromatic nitrogens is 2. The molecule has 2 rings (SSSR count). The van der Waals surface area contributed by atoms with E-state index in [9.17, 15) is 4.39 Å². The first-order chi connectivity index (χ1) is 8.54. The highest BCUT2D eigenvalue weighted by Gasteiger charge is 2.07. The van der Waals surface area contributed by atoms with Crippen LogP contribution in [0.15, 0.2) is 30.3 Å². The van der Waals surface area contributed by atoms with Crippen molar-refractivity contribution in [2.24, 2.45) is 0 Å². The van der Waals surface area contributed by atoms with Crippen molar-refractivity contribution in [1.82, 2.24) is 9.97 Å². The summed E-state index contributed by atoms with van der Waals surface area (Å²) in [6.07, 6.45) is 0. The Morgan fingerprint density at radius 1 is 1.22 bits per heavy atom. The van der Waals surface area contributed by atoms with E-state index < -0.39 is 0 Å². The van der Waals surface area contributed by atoms with Crippen molar-refractivity contribution >= 4 is 17.4 Å². The summed E-state index contributed by atoms with van der Waals surface area (Å²) < 4.78 is 12.8. The van der Waals surface area contributed by atoms with E-state index in [4.69, 9.17) is 11.6 Å². The number of hydrogen-bond acceptors (Lipinski definition) is 3. The molecule has 3 nitrogen and oxygen atoms in total. The lowest BCUT2D eigenvalue weighted by molar-refractivity contribution is 0.626. The fourth-order valence-corrected chi connectivity index (χ4v) is 1.89. The van der Waals surface area contributed by atoms with Gasteiger partial charge in [0.15, 0.2) is 0 Å². The number of nitrogens with zero attached hydrogens (tertiary/aromatic N) is 2. The van der Waals surface area contributed by atoms with Crippen LogP contribution < -0.4 is 5.32 Å². The summed E-state index contributed by atoms with van der Waals surface area (Å²) >= 11 is 5.86. The van der Waals surface area contributed by atoms with Crippen molar-refractivity contribution < 1.29 is 4.39 Å². The maximum atomic E-state index is 12.8. The van der Waals surface area contributed by atoms with Gasteiger partial charge in [-0.05, 0) is 31.5 Å². The first-order valence-corrected chi connectivity index (χ1v) is 5.95. The van der Waals surface area contributed by atoms with Gasteiger partial charge in [-0.1, -0.05) is 23.7 Å². The Morgan fingerprint density at radius 2 is 1.89 bits per heavy atom. The summed E-state index contributed by atoms with van der Waals surface area (Å²) in [5.41, 5.74) is 0.976. The van der Waals surface area contributed by atoms with Gasteiger partial charge in [0.1, 0.15) is 22.6 Å². The predicted molar refractivity (Wildman–Crippen MR) is 70.2 cm³/mol. The van der Waals surface area contributed by atoms with Gasteiger partial charge in [-0.15, -0.1) is 0 Å². The lowest BCUT2D eigenvalue weighted by atomic mass is 10.1. The maximum absolute atomic E-state index is 12.8. The van der Waals surface area contributed by atoms with Crippen LogP contribution in [0.1, 0.15) is 24.4 Å². The Balaban J connectivity index is 2.15. The van der Waals surface area contributed by atoms with E-state index in [1.54, 1.807) is 25.1 Å². The molecule has 0 fully saturated rings. The van der Waals surface area contributed by atoms with Crippen LogP contribution in [-0.2, 0) is 0 Å². The average Bonchev–Trinajstić information content (AvgIpc) is 2.28. The SMILES string of the molecule is Cc1nc(Cl)cc(NC(C)c2ccc(F)cc2)n1. The predicted octanol–water partition coefficient (Wildman–Crippen LogP) is 3.75. The highest BCUT2D eigenvalue weighted by molar-refractivity contribution is 6.29. The minimum Gasteiger partial charge on any atom is -0.363 e. The molecule has 0 spiro atoms. The van der Waals surface area contributed by atoms with Gasteiger partial charge >= 0.3 is 0 Å². The molecule has 1 unspecified atom stereocenters. The number of hydrogen-bond donors (Lipinski definition) is 1. The topological polar surface area (TPSA) is 37.8 Å². The monoisotopic (exact) mass is 265 g/mol. The van der Waals surface area contributed by atoms with Gasteiger partial charge in [-0.25, -0.2) is 14.4 Å². The molecule has 0 aliphatic carbocycles. The summed E-state index contributed by atoms with van der Waals surface area (Å²) in [6.45, 7) is 3.75. The molecule has 0 aliphatic heterocycles. The van der Waals surface area contributed by atoms with Crippen LogP contribution in [0.4, 0.5) is 10.2 Å². The first-order valence-electron chi connectivity index (χ1n) is 5.58. The standard InChI is InChI=1S/C13H13ClFN3/c1-8(10-3-5-11(15)6-4-10)16-13-7-12(14)17-9(2)18-13/h3-8H,1-2H3,(H,16,17,18). The molecular formula is C13H13ClFN3. The number of nitrogens with one attached hydrogen (secondary N) is 1. The van der Waals surface area contributed by atoms with Gasteiger partial charge in [0, 0.05) is 12.1 Å². The number of anilines is 1. The van der Waals surface area contributed by atoms with E-state index in [0.29, 0.717) is 16.8 Å². The van der Waals surface area contributed by atoms with Gasteiger partial charge in [0.25, 0.3) is 0 Å². The van der Waals surface area contributed by atoms with Crippen molar-refractivity contribution in [2.45, 2.75) is 19.9 Å². The lowest BCUT2D eigenvalue weighted by Gasteiger charge is -2.15. The van der Waals surface area contributed by atoms with Crippen LogP contribution in [-0.4, -0.2) is 9.97 Å². The van der Waals surface area contributed by atoms with E-state index in [2.05, 4.69) is 15.3 Å². The number of halogens is 2. The summed E-state index contributed by atoms with van der Waals surface area (Å²) in [6, 6.07) is 8.02. The molecule has 0 saturated heterocycles. The fraction of sp³-hybridized carbons (Fsp3) is 0.231. The molecule has 0 amide bonds. The Labute approximate surface area is 110 Å². The van der Waals surface area contributed by atoms with E-state index in [0.717, 1.165) is 5.56 Å². The minimum atomic E-state index is -0.244. The van der Waals surface area contributed by atoms with Crippen LogP contribution in [0, 0.1) is 12.7 Å². The fourth-order valence-electron chi connectivity index (χ4n) is 1.66. The Kier molecular flexibility index (Phi) is 3.77. The van der Waals surface area contributed by atoms with Gasteiger partial charge in [-0.2, -0.15) is 0 Å². The molecular weight excluding hydrogens is 253 g/mol. The maximum Gasteiger partial charge on any atom is 0.134 e. The molecule has 0 radical (unpaired) electrons. The lowest BCUT2D eigenvalue weighted by Crippen LogP contribution is -2.08. The molecule has 18 heavy (non-hydrogen) atoms. The van der Waals surface area contributed by atoms with Crippen molar-refractivity contribution in [3.05, 3.63) is 52.7 Å². The quantitative estimate of drug-likeness (QED) is 0.859. The zero-order chi connectivity index (χ0) is 13.1. The molecule has 1 N–H and O–H groups in total. The summed E-state index contributed by atoms with van der Waals surface area (Å²) in [7, 11) is 0.